The fourth-order valence-electron chi connectivity index (χ4n) is 4.25. The summed E-state index contributed by atoms with van der Waals surface area (Å²) >= 11 is 6.16. The lowest BCUT2D eigenvalue weighted by molar-refractivity contribution is 0.0367. The first kappa shape index (κ1) is 16.9. The van der Waals surface area contributed by atoms with Gasteiger partial charge in [0, 0.05) is 17.6 Å². The first-order chi connectivity index (χ1) is 12.2. The third-order valence-electron chi connectivity index (χ3n) is 5.44. The molecule has 0 bridgehead atoms. The molecular weight excluding hydrogens is 332 g/mol. The van der Waals surface area contributed by atoms with Crippen LogP contribution in [0, 0.1) is 0 Å². The molecule has 0 unspecified atom stereocenters. The van der Waals surface area contributed by atoms with Gasteiger partial charge in [-0.3, -0.25) is 4.90 Å². The van der Waals surface area contributed by atoms with Crippen molar-refractivity contribution in [1.82, 2.24) is 4.90 Å². The number of ether oxygens (including phenoxy) is 1. The molecule has 0 radical (unpaired) electrons. The Hall–Kier alpha value is -1.55. The molecule has 0 saturated carbocycles. The number of fused-ring (bicyclic) bond motifs is 1. The van der Waals surface area contributed by atoms with Crippen molar-refractivity contribution in [1.29, 1.82) is 0 Å². The number of nitrogens with two attached hydrogens (primary N) is 1. The van der Waals surface area contributed by atoms with E-state index in [9.17, 15) is 0 Å². The van der Waals surface area contributed by atoms with Gasteiger partial charge in [0.1, 0.15) is 11.9 Å². The zero-order valence-corrected chi connectivity index (χ0v) is 15.2. The van der Waals surface area contributed by atoms with Crippen molar-refractivity contribution in [2.24, 2.45) is 5.73 Å². The van der Waals surface area contributed by atoms with E-state index in [-0.39, 0.29) is 12.1 Å². The van der Waals surface area contributed by atoms with E-state index in [1.54, 1.807) is 0 Å². The van der Waals surface area contributed by atoms with Crippen molar-refractivity contribution in [2.45, 2.75) is 43.9 Å². The number of benzene rings is 2. The van der Waals surface area contributed by atoms with Gasteiger partial charge in [0.25, 0.3) is 0 Å². The van der Waals surface area contributed by atoms with Gasteiger partial charge in [-0.25, -0.2) is 0 Å². The Labute approximate surface area is 154 Å². The van der Waals surface area contributed by atoms with Crippen LogP contribution in [-0.4, -0.2) is 30.1 Å². The molecule has 0 aromatic heterocycles. The SMILES string of the molecule is N[C@H]1CCCN([C@H]2CCc3ccccc3[C@@H]2Oc2cccc(Cl)c2)C1. The molecular formula is C21H25ClN2O. The highest BCUT2D eigenvalue weighted by atomic mass is 35.5. The van der Waals surface area contributed by atoms with Crippen LogP contribution in [0.15, 0.2) is 48.5 Å². The molecule has 4 rings (SSSR count). The van der Waals surface area contributed by atoms with E-state index < -0.39 is 0 Å². The highest BCUT2D eigenvalue weighted by Gasteiger charge is 2.36. The van der Waals surface area contributed by atoms with Crippen LogP contribution in [0.5, 0.6) is 5.75 Å². The van der Waals surface area contributed by atoms with Crippen molar-refractivity contribution in [3.63, 3.8) is 0 Å². The molecule has 1 aliphatic carbocycles. The lowest BCUT2D eigenvalue weighted by atomic mass is 9.84. The molecule has 2 aromatic carbocycles. The summed E-state index contributed by atoms with van der Waals surface area (Å²) in [7, 11) is 0. The topological polar surface area (TPSA) is 38.5 Å². The highest BCUT2D eigenvalue weighted by molar-refractivity contribution is 6.30. The predicted molar refractivity (Wildman–Crippen MR) is 102 cm³/mol. The van der Waals surface area contributed by atoms with Crippen LogP contribution >= 0.6 is 11.6 Å². The average molecular weight is 357 g/mol. The van der Waals surface area contributed by atoms with Gasteiger partial charge < -0.3 is 10.5 Å². The normalized spacial score (nSPS) is 26.9. The van der Waals surface area contributed by atoms with Crippen LogP contribution in [0.4, 0.5) is 0 Å². The molecule has 1 fully saturated rings. The predicted octanol–water partition coefficient (Wildman–Crippen LogP) is 4.20. The van der Waals surface area contributed by atoms with Crippen LogP contribution in [-0.2, 0) is 6.42 Å². The van der Waals surface area contributed by atoms with Crippen molar-refractivity contribution in [2.75, 3.05) is 13.1 Å². The maximum absolute atomic E-state index is 6.50. The Morgan fingerprint density at radius 3 is 2.80 bits per heavy atom. The van der Waals surface area contributed by atoms with Crippen LogP contribution < -0.4 is 10.5 Å². The molecule has 2 N–H and O–H groups in total. The molecule has 132 valence electrons. The van der Waals surface area contributed by atoms with E-state index in [4.69, 9.17) is 22.1 Å². The van der Waals surface area contributed by atoms with Crippen molar-refractivity contribution >= 4 is 11.6 Å². The first-order valence-corrected chi connectivity index (χ1v) is 9.58. The third kappa shape index (κ3) is 3.69. The fourth-order valence-corrected chi connectivity index (χ4v) is 4.43. The van der Waals surface area contributed by atoms with Gasteiger partial charge in [-0.05, 0) is 61.6 Å². The number of halogens is 1. The summed E-state index contributed by atoms with van der Waals surface area (Å²) in [5, 5.41) is 0.707. The Balaban J connectivity index is 1.65. The highest BCUT2D eigenvalue weighted by Crippen LogP contribution is 2.37. The zero-order valence-electron chi connectivity index (χ0n) is 14.4. The zero-order chi connectivity index (χ0) is 17.2. The Bertz CT molecular complexity index is 735. The molecule has 0 amide bonds. The summed E-state index contributed by atoms with van der Waals surface area (Å²) < 4.78 is 6.50. The first-order valence-electron chi connectivity index (χ1n) is 9.20. The molecule has 2 aromatic rings. The molecule has 0 spiro atoms. The number of aryl methyl sites for hydroxylation is 1. The minimum Gasteiger partial charge on any atom is -0.484 e. The van der Waals surface area contributed by atoms with Crippen LogP contribution in [0.2, 0.25) is 5.02 Å². The largest absolute Gasteiger partial charge is 0.484 e. The van der Waals surface area contributed by atoms with E-state index >= 15 is 0 Å². The molecule has 1 aliphatic heterocycles. The summed E-state index contributed by atoms with van der Waals surface area (Å²) in [6, 6.07) is 17.0. The van der Waals surface area contributed by atoms with Gasteiger partial charge in [0.15, 0.2) is 0 Å². The summed E-state index contributed by atoms with van der Waals surface area (Å²) in [5.41, 5.74) is 8.94. The second-order valence-electron chi connectivity index (χ2n) is 7.20. The van der Waals surface area contributed by atoms with Crippen LogP contribution in [0.1, 0.15) is 36.5 Å². The number of hydrogen-bond donors (Lipinski definition) is 1. The summed E-state index contributed by atoms with van der Waals surface area (Å²) in [5.74, 6) is 0.834. The number of hydrogen-bond acceptors (Lipinski definition) is 3. The van der Waals surface area contributed by atoms with Gasteiger partial charge in [-0.15, -0.1) is 0 Å². The molecule has 3 nitrogen and oxygen atoms in total. The minimum atomic E-state index is 0.0220. The summed E-state index contributed by atoms with van der Waals surface area (Å²) in [4.78, 5) is 2.54. The second kappa shape index (κ2) is 7.36. The Morgan fingerprint density at radius 1 is 1.08 bits per heavy atom. The van der Waals surface area contributed by atoms with Gasteiger partial charge in [-0.1, -0.05) is 41.9 Å². The van der Waals surface area contributed by atoms with E-state index in [2.05, 4.69) is 29.2 Å². The Morgan fingerprint density at radius 2 is 1.96 bits per heavy atom. The fraction of sp³-hybridized carbons (Fsp3) is 0.429. The van der Waals surface area contributed by atoms with Gasteiger partial charge in [0.05, 0.1) is 6.04 Å². The summed E-state index contributed by atoms with van der Waals surface area (Å²) in [6.07, 6.45) is 4.52. The van der Waals surface area contributed by atoms with E-state index in [1.807, 2.05) is 24.3 Å². The average Bonchev–Trinajstić information content (AvgIpc) is 2.62. The van der Waals surface area contributed by atoms with E-state index in [0.717, 1.165) is 38.1 Å². The third-order valence-corrected chi connectivity index (χ3v) is 5.67. The Kier molecular flexibility index (Phi) is 4.98. The lowest BCUT2D eigenvalue weighted by Crippen LogP contribution is -2.51. The molecule has 4 heteroatoms. The molecule has 2 aliphatic rings. The lowest BCUT2D eigenvalue weighted by Gasteiger charge is -2.43. The number of likely N-dealkylation sites (tertiary alicyclic amines) is 1. The number of rotatable bonds is 3. The number of piperidine rings is 1. The maximum Gasteiger partial charge on any atom is 0.139 e. The molecule has 25 heavy (non-hydrogen) atoms. The molecule has 1 saturated heterocycles. The minimum absolute atomic E-state index is 0.0220. The van der Waals surface area contributed by atoms with Crippen LogP contribution in [0.25, 0.3) is 0 Å². The van der Waals surface area contributed by atoms with Gasteiger partial charge >= 0.3 is 0 Å². The monoisotopic (exact) mass is 356 g/mol. The van der Waals surface area contributed by atoms with E-state index in [1.165, 1.54) is 17.5 Å². The van der Waals surface area contributed by atoms with Crippen molar-refractivity contribution in [3.8, 4) is 5.75 Å². The van der Waals surface area contributed by atoms with Crippen molar-refractivity contribution in [3.05, 3.63) is 64.7 Å². The van der Waals surface area contributed by atoms with Crippen molar-refractivity contribution < 1.29 is 4.74 Å². The maximum atomic E-state index is 6.50. The van der Waals surface area contributed by atoms with Gasteiger partial charge in [-0.2, -0.15) is 0 Å². The van der Waals surface area contributed by atoms with E-state index in [0.29, 0.717) is 11.1 Å². The standard InChI is InChI=1S/C21H25ClN2O/c22-16-6-3-8-18(13-16)25-21-19-9-2-1-5-15(19)10-11-20(21)24-12-4-7-17(23)14-24/h1-3,5-6,8-9,13,17,20-21H,4,7,10-12,14,23H2/t17-,20-,21-/m0/s1. The smallest absolute Gasteiger partial charge is 0.139 e. The quantitative estimate of drug-likeness (QED) is 0.895. The second-order valence-corrected chi connectivity index (χ2v) is 7.63. The molecule has 3 atom stereocenters. The molecule has 1 heterocycles. The van der Waals surface area contributed by atoms with Crippen LogP contribution in [0.3, 0.4) is 0 Å². The van der Waals surface area contributed by atoms with Gasteiger partial charge in [0.2, 0.25) is 0 Å². The number of nitrogens with zero attached hydrogens (tertiary/aromatic N) is 1. The summed E-state index contributed by atoms with van der Waals surface area (Å²) in [6.45, 7) is 2.07.